The lowest BCUT2D eigenvalue weighted by atomic mass is 9.61. The van der Waals surface area contributed by atoms with E-state index >= 15 is 0 Å². The number of rotatable bonds is 4. The summed E-state index contributed by atoms with van der Waals surface area (Å²) < 4.78 is 13.1. The van der Waals surface area contributed by atoms with Crippen LogP contribution in [0.25, 0.3) is 0 Å². The number of benzene rings is 2. The molecular formula is C23H26ClFN2O2. The lowest BCUT2D eigenvalue weighted by Gasteiger charge is -2.46. The Morgan fingerprint density at radius 1 is 0.931 bits per heavy atom. The number of nitrogens with one attached hydrogen (secondary N) is 1. The van der Waals surface area contributed by atoms with Gasteiger partial charge < -0.3 is 0 Å². The summed E-state index contributed by atoms with van der Waals surface area (Å²) in [4.78, 5) is 26.9. The molecule has 2 saturated heterocycles. The second-order valence-corrected chi connectivity index (χ2v) is 8.02. The molecule has 0 spiro atoms. The van der Waals surface area contributed by atoms with Crippen LogP contribution in [0.1, 0.15) is 36.8 Å². The summed E-state index contributed by atoms with van der Waals surface area (Å²) in [6.45, 7) is 2.61. The maximum atomic E-state index is 13.1. The molecule has 2 aromatic carbocycles. The Kier molecular flexibility index (Phi) is 6.70. The first-order valence-electron chi connectivity index (χ1n) is 9.90. The number of carbonyl (C=O) groups excluding carboxylic acids is 2. The maximum Gasteiger partial charge on any atom is 0.227 e. The number of amides is 2. The minimum atomic E-state index is -0.414. The fourth-order valence-electron chi connectivity index (χ4n) is 4.87. The number of piperidine rings is 2. The molecule has 2 aromatic rings. The topological polar surface area (TPSA) is 49.4 Å². The minimum absolute atomic E-state index is 0. The number of imide groups is 1. The fraction of sp³-hybridized carbons (Fsp3) is 0.391. The van der Waals surface area contributed by atoms with Gasteiger partial charge in [-0.25, -0.2) is 4.39 Å². The van der Waals surface area contributed by atoms with Crippen LogP contribution in [0.4, 0.5) is 4.39 Å². The van der Waals surface area contributed by atoms with Gasteiger partial charge in [0.15, 0.2) is 0 Å². The molecule has 2 aliphatic rings. The molecule has 1 N–H and O–H groups in total. The fourth-order valence-corrected chi connectivity index (χ4v) is 4.87. The molecule has 6 heteroatoms. The van der Waals surface area contributed by atoms with Gasteiger partial charge in [-0.15, -0.1) is 12.4 Å². The number of hydrogen-bond acceptors (Lipinski definition) is 3. The molecule has 0 unspecified atom stereocenters. The SMILES string of the molecule is Cl.O=C1CC(c2ccccc2)(C2CCN(Cc3ccc(F)cc3)CC2)CC(=O)N1. The average Bonchev–Trinajstić information content (AvgIpc) is 2.70. The van der Waals surface area contributed by atoms with Crippen molar-refractivity contribution >= 4 is 24.2 Å². The summed E-state index contributed by atoms with van der Waals surface area (Å²) in [5, 5.41) is 2.47. The monoisotopic (exact) mass is 416 g/mol. The van der Waals surface area contributed by atoms with Crippen LogP contribution in [0.15, 0.2) is 54.6 Å². The molecule has 29 heavy (non-hydrogen) atoms. The van der Waals surface area contributed by atoms with Crippen molar-refractivity contribution in [2.75, 3.05) is 13.1 Å². The van der Waals surface area contributed by atoms with Gasteiger partial charge >= 0.3 is 0 Å². The number of nitrogens with zero attached hydrogens (tertiary/aromatic N) is 1. The number of carbonyl (C=O) groups is 2. The van der Waals surface area contributed by atoms with Gasteiger partial charge in [0.2, 0.25) is 11.8 Å². The lowest BCUT2D eigenvalue weighted by molar-refractivity contribution is -0.137. The van der Waals surface area contributed by atoms with Crippen LogP contribution >= 0.6 is 12.4 Å². The predicted octanol–water partition coefficient (Wildman–Crippen LogP) is 3.83. The van der Waals surface area contributed by atoms with E-state index in [4.69, 9.17) is 0 Å². The molecule has 4 rings (SSSR count). The van der Waals surface area contributed by atoms with Crippen LogP contribution in [0.2, 0.25) is 0 Å². The van der Waals surface area contributed by atoms with Gasteiger partial charge in [-0.05, 0) is 55.1 Å². The number of halogens is 2. The van der Waals surface area contributed by atoms with Crippen molar-refractivity contribution in [1.29, 1.82) is 0 Å². The van der Waals surface area contributed by atoms with E-state index in [1.165, 1.54) is 12.1 Å². The second-order valence-electron chi connectivity index (χ2n) is 8.02. The molecule has 2 aliphatic heterocycles. The second kappa shape index (κ2) is 9.06. The number of likely N-dealkylation sites (tertiary alicyclic amines) is 1. The van der Waals surface area contributed by atoms with Crippen molar-refractivity contribution in [2.45, 2.75) is 37.6 Å². The highest BCUT2D eigenvalue weighted by molar-refractivity contribution is 5.99. The van der Waals surface area contributed by atoms with Crippen LogP contribution in [0.5, 0.6) is 0 Å². The first kappa shape index (κ1) is 21.5. The summed E-state index contributed by atoms with van der Waals surface area (Å²) in [7, 11) is 0. The first-order valence-corrected chi connectivity index (χ1v) is 9.90. The third-order valence-electron chi connectivity index (χ3n) is 6.27. The highest BCUT2D eigenvalue weighted by Gasteiger charge is 2.47. The highest BCUT2D eigenvalue weighted by Crippen LogP contribution is 2.45. The Hall–Kier alpha value is -2.24. The van der Waals surface area contributed by atoms with Crippen LogP contribution in [-0.2, 0) is 21.5 Å². The van der Waals surface area contributed by atoms with Crippen molar-refractivity contribution in [3.05, 3.63) is 71.5 Å². The smallest absolute Gasteiger partial charge is 0.227 e. The Morgan fingerprint density at radius 2 is 1.52 bits per heavy atom. The van der Waals surface area contributed by atoms with Crippen molar-refractivity contribution < 1.29 is 14.0 Å². The van der Waals surface area contributed by atoms with Gasteiger partial charge in [0.25, 0.3) is 0 Å². The summed E-state index contributed by atoms with van der Waals surface area (Å²) in [6.07, 6.45) is 2.62. The molecule has 0 aliphatic carbocycles. The van der Waals surface area contributed by atoms with Crippen LogP contribution in [0, 0.1) is 11.7 Å². The molecule has 2 heterocycles. The quantitative estimate of drug-likeness (QED) is 0.770. The van der Waals surface area contributed by atoms with Gasteiger partial charge in [0, 0.05) is 24.8 Å². The van der Waals surface area contributed by atoms with E-state index in [0.29, 0.717) is 12.8 Å². The lowest BCUT2D eigenvalue weighted by Crippen LogP contribution is -2.52. The van der Waals surface area contributed by atoms with Gasteiger partial charge in [0.1, 0.15) is 5.82 Å². The van der Waals surface area contributed by atoms with Crippen LogP contribution in [0.3, 0.4) is 0 Å². The van der Waals surface area contributed by atoms with E-state index in [-0.39, 0.29) is 36.0 Å². The normalized spacial score (nSPS) is 20.0. The van der Waals surface area contributed by atoms with Gasteiger partial charge in [0.05, 0.1) is 0 Å². The Labute approximate surface area is 176 Å². The molecule has 0 radical (unpaired) electrons. The minimum Gasteiger partial charge on any atom is -0.299 e. The van der Waals surface area contributed by atoms with Crippen molar-refractivity contribution in [1.82, 2.24) is 10.2 Å². The van der Waals surface area contributed by atoms with Gasteiger partial charge in [-0.3, -0.25) is 19.8 Å². The van der Waals surface area contributed by atoms with E-state index in [9.17, 15) is 14.0 Å². The predicted molar refractivity (Wildman–Crippen MR) is 112 cm³/mol. The van der Waals surface area contributed by atoms with E-state index < -0.39 is 5.41 Å². The molecule has 0 aromatic heterocycles. The molecule has 0 saturated carbocycles. The standard InChI is InChI=1S/C23H25FN2O2.ClH/c24-20-8-6-17(7-9-20)16-26-12-10-19(11-13-26)23(18-4-2-1-3-5-18)14-21(27)25-22(28)15-23;/h1-9,19H,10-16H2,(H,25,27,28);1H. The molecule has 4 nitrogen and oxygen atoms in total. The van der Waals surface area contributed by atoms with Crippen molar-refractivity contribution in [3.8, 4) is 0 Å². The molecule has 2 fully saturated rings. The summed E-state index contributed by atoms with van der Waals surface area (Å²) in [6, 6.07) is 16.7. The summed E-state index contributed by atoms with van der Waals surface area (Å²) >= 11 is 0. The van der Waals surface area contributed by atoms with E-state index in [1.807, 2.05) is 30.3 Å². The van der Waals surface area contributed by atoms with Gasteiger partial charge in [-0.2, -0.15) is 0 Å². The Bertz CT molecular complexity index is 833. The zero-order valence-corrected chi connectivity index (χ0v) is 17.1. The Morgan fingerprint density at radius 3 is 2.10 bits per heavy atom. The van der Waals surface area contributed by atoms with Crippen molar-refractivity contribution in [3.63, 3.8) is 0 Å². The zero-order valence-electron chi connectivity index (χ0n) is 16.3. The summed E-state index contributed by atoms with van der Waals surface area (Å²) in [5.41, 5.74) is 1.78. The average molecular weight is 417 g/mol. The van der Waals surface area contributed by atoms with Crippen molar-refractivity contribution in [2.24, 2.45) is 5.92 Å². The largest absolute Gasteiger partial charge is 0.299 e. The maximum absolute atomic E-state index is 13.1. The first-order chi connectivity index (χ1) is 13.5. The third-order valence-corrected chi connectivity index (χ3v) is 6.27. The van der Waals surface area contributed by atoms with E-state index in [0.717, 1.165) is 43.6 Å². The zero-order chi connectivity index (χ0) is 19.6. The van der Waals surface area contributed by atoms with Crippen LogP contribution < -0.4 is 5.32 Å². The van der Waals surface area contributed by atoms with E-state index in [1.54, 1.807) is 0 Å². The molecule has 0 bridgehead atoms. The molecule has 2 amide bonds. The molecule has 154 valence electrons. The van der Waals surface area contributed by atoms with E-state index in [2.05, 4.69) is 22.3 Å². The highest BCUT2D eigenvalue weighted by atomic mass is 35.5. The number of hydrogen-bond donors (Lipinski definition) is 1. The molecular weight excluding hydrogens is 391 g/mol. The molecule has 0 atom stereocenters. The van der Waals surface area contributed by atoms with Gasteiger partial charge in [-0.1, -0.05) is 42.5 Å². The van der Waals surface area contributed by atoms with Crippen LogP contribution in [-0.4, -0.2) is 29.8 Å². The third kappa shape index (κ3) is 4.68. The Balaban J connectivity index is 0.00000240. The summed E-state index contributed by atoms with van der Waals surface area (Å²) in [5.74, 6) is -0.274.